The monoisotopic (exact) mass is 492 g/mol. The Morgan fingerprint density at radius 3 is 2.64 bits per heavy atom. The molecule has 3 aromatic rings. The minimum absolute atomic E-state index is 0. The maximum Gasteiger partial charge on any atom is 0.191 e. The van der Waals surface area contributed by atoms with E-state index in [1.54, 1.807) is 7.05 Å². The molecule has 2 aromatic heterocycles. The van der Waals surface area contributed by atoms with Crippen LogP contribution in [0.25, 0.3) is 10.9 Å². The Morgan fingerprint density at radius 1 is 1.21 bits per heavy atom. The highest BCUT2D eigenvalue weighted by atomic mass is 127. The number of nitrogens with zero attached hydrogens (tertiary/aromatic N) is 4. The molecule has 0 aliphatic heterocycles. The lowest BCUT2D eigenvalue weighted by Crippen LogP contribution is -2.42. The first-order chi connectivity index (χ1) is 13.0. The first kappa shape index (κ1) is 22.1. The predicted molar refractivity (Wildman–Crippen MR) is 126 cm³/mol. The van der Waals surface area contributed by atoms with Gasteiger partial charge in [0, 0.05) is 44.0 Å². The number of nitrogens with one attached hydrogen (secondary N) is 2. The van der Waals surface area contributed by atoms with Gasteiger partial charge in [0.25, 0.3) is 0 Å². The van der Waals surface area contributed by atoms with Crippen LogP contribution in [0.15, 0.2) is 41.5 Å². The normalized spacial score (nSPS) is 12.5. The molecule has 0 saturated heterocycles. The molecule has 6 nitrogen and oxygen atoms in total. The highest BCUT2D eigenvalue weighted by Gasteiger charge is 2.14. The smallest absolute Gasteiger partial charge is 0.191 e. The number of aliphatic imine (C=N–C) groups is 1. The number of fused-ring (bicyclic) bond motifs is 1. The average Bonchev–Trinajstić information content (AvgIpc) is 2.91. The molecule has 0 amide bonds. The summed E-state index contributed by atoms with van der Waals surface area (Å²) < 4.78 is 1.94. The molecule has 1 atom stereocenters. The zero-order valence-electron chi connectivity index (χ0n) is 17.2. The van der Waals surface area contributed by atoms with Crippen molar-refractivity contribution >= 4 is 40.8 Å². The number of guanidine groups is 1. The first-order valence-corrected chi connectivity index (χ1v) is 9.28. The van der Waals surface area contributed by atoms with Gasteiger partial charge in [-0.1, -0.05) is 24.3 Å². The van der Waals surface area contributed by atoms with Crippen molar-refractivity contribution in [2.45, 2.75) is 39.8 Å². The molecule has 0 radical (unpaired) electrons. The Balaban J connectivity index is 0.00000280. The first-order valence-electron chi connectivity index (χ1n) is 9.28. The van der Waals surface area contributed by atoms with E-state index in [0.717, 1.165) is 34.5 Å². The summed E-state index contributed by atoms with van der Waals surface area (Å²) in [6.45, 7) is 7.02. The van der Waals surface area contributed by atoms with Crippen LogP contribution < -0.4 is 10.6 Å². The second-order valence-corrected chi connectivity index (χ2v) is 6.94. The van der Waals surface area contributed by atoms with Gasteiger partial charge in [0.05, 0.1) is 11.2 Å². The third-order valence-corrected chi connectivity index (χ3v) is 4.94. The van der Waals surface area contributed by atoms with Crippen LogP contribution in [0.1, 0.15) is 29.4 Å². The summed E-state index contributed by atoms with van der Waals surface area (Å²) in [6, 6.07) is 10.5. The summed E-state index contributed by atoms with van der Waals surface area (Å²) in [5.74, 6) is 0.787. The van der Waals surface area contributed by atoms with Crippen LogP contribution in [0.4, 0.5) is 0 Å². The lowest BCUT2D eigenvalue weighted by Gasteiger charge is -2.18. The van der Waals surface area contributed by atoms with Gasteiger partial charge in [-0.05, 0) is 44.4 Å². The van der Waals surface area contributed by atoms with Crippen molar-refractivity contribution < 1.29 is 0 Å². The summed E-state index contributed by atoms with van der Waals surface area (Å²) >= 11 is 0. The van der Waals surface area contributed by atoms with Crippen LogP contribution >= 0.6 is 24.0 Å². The van der Waals surface area contributed by atoms with E-state index in [-0.39, 0.29) is 30.0 Å². The van der Waals surface area contributed by atoms with Crippen LogP contribution in [-0.2, 0) is 20.0 Å². The molecule has 0 aliphatic rings. The van der Waals surface area contributed by atoms with Gasteiger partial charge in [0.1, 0.15) is 0 Å². The quantitative estimate of drug-likeness (QED) is 0.325. The van der Waals surface area contributed by atoms with Crippen molar-refractivity contribution in [2.24, 2.45) is 12.0 Å². The fourth-order valence-corrected chi connectivity index (χ4v) is 3.39. The van der Waals surface area contributed by atoms with E-state index in [9.17, 15) is 0 Å². The molecule has 28 heavy (non-hydrogen) atoms. The van der Waals surface area contributed by atoms with Gasteiger partial charge in [-0.25, -0.2) is 0 Å². The van der Waals surface area contributed by atoms with Gasteiger partial charge in [-0.15, -0.1) is 24.0 Å². The van der Waals surface area contributed by atoms with E-state index in [2.05, 4.69) is 70.7 Å². The number of pyridine rings is 1. The van der Waals surface area contributed by atoms with Gasteiger partial charge in [-0.2, -0.15) is 5.10 Å². The zero-order valence-corrected chi connectivity index (χ0v) is 19.5. The average molecular weight is 492 g/mol. The van der Waals surface area contributed by atoms with Gasteiger partial charge < -0.3 is 10.6 Å². The van der Waals surface area contributed by atoms with Crippen LogP contribution in [0, 0.1) is 13.8 Å². The molecule has 150 valence electrons. The number of aromatic nitrogens is 3. The second kappa shape index (κ2) is 9.86. The van der Waals surface area contributed by atoms with Crippen molar-refractivity contribution in [3.05, 3.63) is 59.0 Å². The molecule has 1 aromatic carbocycles. The van der Waals surface area contributed by atoms with Crippen molar-refractivity contribution in [1.82, 2.24) is 25.4 Å². The molecule has 7 heteroatoms. The molecule has 2 heterocycles. The predicted octanol–water partition coefficient (Wildman–Crippen LogP) is 3.50. The summed E-state index contributed by atoms with van der Waals surface area (Å²) in [4.78, 5) is 8.88. The lowest BCUT2D eigenvalue weighted by molar-refractivity contribution is 0.635. The third kappa shape index (κ3) is 5.01. The molecule has 3 rings (SSSR count). The zero-order chi connectivity index (χ0) is 19.4. The van der Waals surface area contributed by atoms with E-state index in [4.69, 9.17) is 0 Å². The van der Waals surface area contributed by atoms with Gasteiger partial charge in [0.15, 0.2) is 5.96 Å². The van der Waals surface area contributed by atoms with Crippen LogP contribution in [0.2, 0.25) is 0 Å². The van der Waals surface area contributed by atoms with Crippen LogP contribution in [0.3, 0.4) is 0 Å². The molecule has 0 spiro atoms. The minimum atomic E-state index is 0. The molecule has 1 unspecified atom stereocenters. The van der Waals surface area contributed by atoms with Gasteiger partial charge in [-0.3, -0.25) is 14.7 Å². The lowest BCUT2D eigenvalue weighted by atomic mass is 10.1. The van der Waals surface area contributed by atoms with Gasteiger partial charge in [0.2, 0.25) is 0 Å². The maximum atomic E-state index is 4.51. The Morgan fingerprint density at radius 2 is 1.96 bits per heavy atom. The standard InChI is InChI=1S/C21H28N6.HI/c1-14(12-19-15(2)26-27(5)16(19)3)25-21(22-4)24-13-18-9-6-8-17-10-7-11-23-20(17)18;/h6-11,14H,12-13H2,1-5H3,(H2,22,24,25);1H. The van der Waals surface area contributed by atoms with E-state index >= 15 is 0 Å². The number of aryl methyl sites for hydroxylation is 2. The van der Waals surface area contributed by atoms with E-state index in [1.165, 1.54) is 11.3 Å². The van der Waals surface area contributed by atoms with E-state index in [0.29, 0.717) is 6.54 Å². The van der Waals surface area contributed by atoms with Crippen molar-refractivity contribution in [3.63, 3.8) is 0 Å². The Bertz CT molecular complexity index is 957. The molecule has 0 aliphatic carbocycles. The highest BCUT2D eigenvalue weighted by Crippen LogP contribution is 2.16. The number of rotatable bonds is 5. The fourth-order valence-electron chi connectivity index (χ4n) is 3.39. The Kier molecular flexibility index (Phi) is 7.79. The number of hydrogen-bond acceptors (Lipinski definition) is 3. The molecule has 2 N–H and O–H groups in total. The minimum Gasteiger partial charge on any atom is -0.354 e. The summed E-state index contributed by atoms with van der Waals surface area (Å²) in [7, 11) is 3.78. The summed E-state index contributed by atoms with van der Waals surface area (Å²) in [5, 5.41) is 12.5. The van der Waals surface area contributed by atoms with Crippen LogP contribution in [-0.4, -0.2) is 33.8 Å². The Labute approximate surface area is 183 Å². The largest absolute Gasteiger partial charge is 0.354 e. The van der Waals surface area contributed by atoms with Crippen molar-refractivity contribution in [1.29, 1.82) is 0 Å². The maximum absolute atomic E-state index is 4.51. The SMILES string of the molecule is CN=C(NCc1cccc2cccnc12)NC(C)Cc1c(C)nn(C)c1C.I. The fraction of sp³-hybridized carbons (Fsp3) is 0.381. The van der Waals surface area contributed by atoms with Crippen molar-refractivity contribution in [3.8, 4) is 0 Å². The topological polar surface area (TPSA) is 67.1 Å². The summed E-state index contributed by atoms with van der Waals surface area (Å²) in [6.07, 6.45) is 2.74. The van der Waals surface area contributed by atoms with E-state index in [1.807, 2.05) is 24.0 Å². The Hall–Kier alpha value is -2.16. The van der Waals surface area contributed by atoms with E-state index < -0.39 is 0 Å². The summed E-state index contributed by atoms with van der Waals surface area (Å²) in [5.41, 5.74) is 5.78. The molecule has 0 bridgehead atoms. The van der Waals surface area contributed by atoms with Gasteiger partial charge >= 0.3 is 0 Å². The third-order valence-electron chi connectivity index (χ3n) is 4.94. The number of benzene rings is 1. The second-order valence-electron chi connectivity index (χ2n) is 6.94. The molecule has 0 fully saturated rings. The number of halogens is 1. The molecular weight excluding hydrogens is 463 g/mol. The highest BCUT2D eigenvalue weighted by molar-refractivity contribution is 14.0. The van der Waals surface area contributed by atoms with Crippen LogP contribution in [0.5, 0.6) is 0 Å². The van der Waals surface area contributed by atoms with Crippen molar-refractivity contribution in [2.75, 3.05) is 7.05 Å². The number of hydrogen-bond donors (Lipinski definition) is 2. The molecule has 0 saturated carbocycles. The molecular formula is C21H29IN6. The number of para-hydroxylation sites is 1.